The number of carbonyl (C=O) groups is 1. The minimum absolute atomic E-state index is 0.0396. The van der Waals surface area contributed by atoms with Crippen molar-refractivity contribution in [2.75, 3.05) is 11.5 Å². The molecule has 26 heavy (non-hydrogen) atoms. The molecule has 0 unspecified atom stereocenters. The summed E-state index contributed by atoms with van der Waals surface area (Å²) in [5.74, 6) is 0.0534. The number of rotatable bonds is 7. The van der Waals surface area contributed by atoms with Crippen LogP contribution in [0.3, 0.4) is 0 Å². The van der Waals surface area contributed by atoms with Crippen LogP contribution in [0.1, 0.15) is 30.0 Å². The number of hydrogen-bond donors (Lipinski definition) is 2. The van der Waals surface area contributed by atoms with E-state index >= 15 is 0 Å². The third-order valence-corrected chi connectivity index (χ3v) is 4.71. The van der Waals surface area contributed by atoms with Gasteiger partial charge in [-0.05, 0) is 31.4 Å². The summed E-state index contributed by atoms with van der Waals surface area (Å²) in [5.41, 5.74) is 7.31. The predicted molar refractivity (Wildman–Crippen MR) is 101 cm³/mol. The molecule has 7 heteroatoms. The van der Waals surface area contributed by atoms with E-state index in [0.29, 0.717) is 5.03 Å². The van der Waals surface area contributed by atoms with E-state index < -0.39 is 0 Å². The molecule has 0 saturated heterocycles. The molecule has 2 aromatic rings. The first-order chi connectivity index (χ1) is 12.5. The standard InChI is InChI=1S/C19H19N5OS/c1-13(7-8-14-5-3-2-4-6-14)23-17(25)12-26-19-16(11-21)9-15(10-20)18(22)24-19/h2-6,9,13H,7-8,12H2,1H3,(H2,22,24)(H,23,25)/t13-/m0/s1. The van der Waals surface area contributed by atoms with Crippen molar-refractivity contribution < 1.29 is 4.79 Å². The predicted octanol–water partition coefficient (Wildman–Crippen LogP) is 2.64. The second-order valence-electron chi connectivity index (χ2n) is 5.78. The number of nitrogens with zero attached hydrogens (tertiary/aromatic N) is 3. The molecule has 0 aliphatic rings. The van der Waals surface area contributed by atoms with Gasteiger partial charge in [-0.1, -0.05) is 42.1 Å². The molecule has 0 fully saturated rings. The molecular weight excluding hydrogens is 346 g/mol. The van der Waals surface area contributed by atoms with Gasteiger partial charge in [-0.25, -0.2) is 4.98 Å². The summed E-state index contributed by atoms with van der Waals surface area (Å²) in [6.45, 7) is 1.96. The Morgan fingerprint density at radius 2 is 1.96 bits per heavy atom. The summed E-state index contributed by atoms with van der Waals surface area (Å²) in [5, 5.41) is 21.4. The summed E-state index contributed by atoms with van der Waals surface area (Å²) in [4.78, 5) is 16.2. The highest BCUT2D eigenvalue weighted by Gasteiger charge is 2.13. The zero-order chi connectivity index (χ0) is 18.9. The van der Waals surface area contributed by atoms with E-state index in [1.165, 1.54) is 11.6 Å². The van der Waals surface area contributed by atoms with Crippen molar-refractivity contribution in [3.63, 3.8) is 0 Å². The van der Waals surface area contributed by atoms with E-state index in [-0.39, 0.29) is 34.6 Å². The SMILES string of the molecule is C[C@@H](CCc1ccccc1)NC(=O)CSc1nc(N)c(C#N)cc1C#N. The molecule has 0 radical (unpaired) electrons. The second-order valence-corrected chi connectivity index (χ2v) is 6.74. The highest BCUT2D eigenvalue weighted by atomic mass is 32.2. The lowest BCUT2D eigenvalue weighted by Gasteiger charge is -2.14. The highest BCUT2D eigenvalue weighted by molar-refractivity contribution is 8.00. The number of nitrogens with one attached hydrogen (secondary N) is 1. The van der Waals surface area contributed by atoms with Gasteiger partial charge in [-0.15, -0.1) is 0 Å². The van der Waals surface area contributed by atoms with Gasteiger partial charge in [-0.3, -0.25) is 4.79 Å². The summed E-state index contributed by atoms with van der Waals surface area (Å²) in [7, 11) is 0. The van der Waals surface area contributed by atoms with Gasteiger partial charge in [0.15, 0.2) is 0 Å². The van der Waals surface area contributed by atoms with Crippen molar-refractivity contribution in [3.05, 3.63) is 53.1 Å². The fourth-order valence-corrected chi connectivity index (χ4v) is 3.11. The van der Waals surface area contributed by atoms with E-state index in [1.807, 2.05) is 37.3 Å². The number of nitrogen functional groups attached to an aromatic ring is 1. The Morgan fingerprint density at radius 3 is 2.62 bits per heavy atom. The minimum atomic E-state index is -0.135. The molecule has 0 aliphatic heterocycles. The van der Waals surface area contributed by atoms with Crippen LogP contribution in [0.15, 0.2) is 41.4 Å². The van der Waals surface area contributed by atoms with Crippen LogP contribution < -0.4 is 11.1 Å². The van der Waals surface area contributed by atoms with Crippen LogP contribution in [-0.4, -0.2) is 22.7 Å². The van der Waals surface area contributed by atoms with Crippen molar-refractivity contribution in [1.82, 2.24) is 10.3 Å². The largest absolute Gasteiger partial charge is 0.383 e. The normalized spacial score (nSPS) is 11.2. The molecule has 0 spiro atoms. The van der Waals surface area contributed by atoms with E-state index in [2.05, 4.69) is 22.4 Å². The quantitative estimate of drug-likeness (QED) is 0.729. The number of pyridine rings is 1. The van der Waals surface area contributed by atoms with Gasteiger partial charge < -0.3 is 11.1 Å². The third kappa shape index (κ3) is 5.51. The topological polar surface area (TPSA) is 116 Å². The maximum atomic E-state index is 12.1. The average molecular weight is 365 g/mol. The molecule has 0 saturated carbocycles. The lowest BCUT2D eigenvalue weighted by atomic mass is 10.1. The van der Waals surface area contributed by atoms with E-state index in [0.717, 1.165) is 24.6 Å². The van der Waals surface area contributed by atoms with Crippen LogP contribution >= 0.6 is 11.8 Å². The van der Waals surface area contributed by atoms with Gasteiger partial charge in [0.05, 0.1) is 16.9 Å². The van der Waals surface area contributed by atoms with Crippen LogP contribution in [0.5, 0.6) is 0 Å². The Bertz CT molecular complexity index is 855. The first-order valence-electron chi connectivity index (χ1n) is 8.10. The maximum Gasteiger partial charge on any atom is 0.230 e. The van der Waals surface area contributed by atoms with E-state index in [1.54, 1.807) is 0 Å². The molecule has 3 N–H and O–H groups in total. The van der Waals surface area contributed by atoms with Crippen LogP contribution in [0.25, 0.3) is 0 Å². The fourth-order valence-electron chi connectivity index (χ4n) is 2.34. The molecule has 1 aromatic carbocycles. The molecule has 1 heterocycles. The number of thioether (sulfide) groups is 1. The number of aromatic nitrogens is 1. The smallest absolute Gasteiger partial charge is 0.230 e. The van der Waals surface area contributed by atoms with Crippen molar-refractivity contribution in [2.45, 2.75) is 30.8 Å². The van der Waals surface area contributed by atoms with Gasteiger partial charge in [-0.2, -0.15) is 10.5 Å². The molecule has 1 amide bonds. The summed E-state index contributed by atoms with van der Waals surface area (Å²) < 4.78 is 0. The van der Waals surface area contributed by atoms with Gasteiger partial charge >= 0.3 is 0 Å². The van der Waals surface area contributed by atoms with Gasteiger partial charge in [0.2, 0.25) is 5.91 Å². The lowest BCUT2D eigenvalue weighted by Crippen LogP contribution is -2.34. The molecule has 1 atom stereocenters. The van der Waals surface area contributed by atoms with E-state index in [4.69, 9.17) is 16.3 Å². The number of carbonyl (C=O) groups excluding carboxylic acids is 1. The van der Waals surface area contributed by atoms with Crippen molar-refractivity contribution in [3.8, 4) is 12.1 Å². The first kappa shape index (κ1) is 19.3. The highest BCUT2D eigenvalue weighted by Crippen LogP contribution is 2.23. The number of amides is 1. The van der Waals surface area contributed by atoms with Crippen LogP contribution in [-0.2, 0) is 11.2 Å². The Balaban J connectivity index is 1.86. The zero-order valence-corrected chi connectivity index (χ0v) is 15.2. The maximum absolute atomic E-state index is 12.1. The summed E-state index contributed by atoms with van der Waals surface area (Å²) in [6.07, 6.45) is 1.73. The molecule has 0 aliphatic carbocycles. The van der Waals surface area contributed by atoms with Crippen molar-refractivity contribution in [2.24, 2.45) is 0 Å². The fraction of sp³-hybridized carbons (Fsp3) is 0.263. The van der Waals surface area contributed by atoms with Crippen molar-refractivity contribution in [1.29, 1.82) is 10.5 Å². The Morgan fingerprint density at radius 1 is 1.27 bits per heavy atom. The van der Waals surface area contributed by atoms with Gasteiger partial charge in [0.1, 0.15) is 23.0 Å². The van der Waals surface area contributed by atoms with E-state index in [9.17, 15) is 4.79 Å². The number of aryl methyl sites for hydroxylation is 1. The number of nitriles is 2. The molecule has 6 nitrogen and oxygen atoms in total. The van der Waals surface area contributed by atoms with Crippen LogP contribution in [0, 0.1) is 22.7 Å². The number of benzene rings is 1. The Kier molecular flexibility index (Phi) is 7.02. The summed E-state index contributed by atoms with van der Waals surface area (Å²) in [6, 6.07) is 15.4. The summed E-state index contributed by atoms with van der Waals surface area (Å²) >= 11 is 1.13. The minimum Gasteiger partial charge on any atom is -0.383 e. The first-order valence-corrected chi connectivity index (χ1v) is 9.09. The zero-order valence-electron chi connectivity index (χ0n) is 14.4. The molecule has 1 aromatic heterocycles. The van der Waals surface area contributed by atoms with Crippen LogP contribution in [0.4, 0.5) is 5.82 Å². The molecule has 2 rings (SSSR count). The molecular formula is C19H19N5OS. The molecule has 132 valence electrons. The molecule has 0 bridgehead atoms. The Labute approximate surface area is 157 Å². The van der Waals surface area contributed by atoms with Crippen LogP contribution in [0.2, 0.25) is 0 Å². The monoisotopic (exact) mass is 365 g/mol. The average Bonchev–Trinajstić information content (AvgIpc) is 2.65. The number of hydrogen-bond acceptors (Lipinski definition) is 6. The van der Waals surface area contributed by atoms with Crippen molar-refractivity contribution >= 4 is 23.5 Å². The number of nitrogens with two attached hydrogens (primary N) is 1. The van der Waals surface area contributed by atoms with Gasteiger partial charge in [0.25, 0.3) is 0 Å². The van der Waals surface area contributed by atoms with Gasteiger partial charge in [0, 0.05) is 6.04 Å². The lowest BCUT2D eigenvalue weighted by molar-refractivity contribution is -0.119. The second kappa shape index (κ2) is 9.45. The Hall–Kier alpha value is -3.03. The number of anilines is 1. The third-order valence-electron chi connectivity index (χ3n) is 3.71.